The number of alkyl halides is 3. The number of pyridine rings is 1. The maximum Gasteiger partial charge on any atom is 0.421 e. The Kier molecular flexibility index (Phi) is 4.99. The van der Waals surface area contributed by atoms with Crippen LogP contribution in [-0.2, 0) is 17.4 Å². The third-order valence-corrected chi connectivity index (χ3v) is 4.96. The summed E-state index contributed by atoms with van der Waals surface area (Å²) >= 11 is 0. The Labute approximate surface area is 171 Å². The van der Waals surface area contributed by atoms with Gasteiger partial charge in [0.25, 0.3) is 5.91 Å². The highest BCUT2D eigenvalue weighted by Gasteiger charge is 2.38. The van der Waals surface area contributed by atoms with Crippen LogP contribution in [0.15, 0.2) is 36.5 Å². The molecule has 0 radical (unpaired) electrons. The minimum absolute atomic E-state index is 0.173. The topological polar surface area (TPSA) is 60.9 Å². The van der Waals surface area contributed by atoms with Crippen molar-refractivity contribution in [3.8, 4) is 17.4 Å². The molecular weight excluding hydrogens is 401 g/mol. The molecule has 2 aliphatic rings. The summed E-state index contributed by atoms with van der Waals surface area (Å²) in [5, 5.41) is 0. The minimum Gasteiger partial charge on any atom is -0.483 e. The molecule has 1 aromatic carbocycles. The number of hydrogen-bond donors (Lipinski definition) is 0. The fourth-order valence-corrected chi connectivity index (χ4v) is 3.51. The SMILES string of the molecule is CC1(C)Cc2cccc(OCC(=O)N3CC(Oc4ncccc4C(F)(F)F)C3)c2O1. The Morgan fingerprint density at radius 1 is 1.27 bits per heavy atom. The van der Waals surface area contributed by atoms with Gasteiger partial charge >= 0.3 is 6.18 Å². The van der Waals surface area contributed by atoms with Gasteiger partial charge < -0.3 is 19.1 Å². The van der Waals surface area contributed by atoms with E-state index in [-0.39, 0.29) is 31.2 Å². The Morgan fingerprint density at radius 3 is 2.77 bits per heavy atom. The number of amides is 1. The molecular formula is C21H21F3N2O4. The molecule has 0 spiro atoms. The molecule has 1 aromatic heterocycles. The highest BCUT2D eigenvalue weighted by molar-refractivity contribution is 5.78. The van der Waals surface area contributed by atoms with Gasteiger partial charge in [0.2, 0.25) is 5.88 Å². The van der Waals surface area contributed by atoms with E-state index in [2.05, 4.69) is 4.98 Å². The van der Waals surface area contributed by atoms with Crippen molar-refractivity contribution < 1.29 is 32.2 Å². The van der Waals surface area contributed by atoms with Crippen molar-refractivity contribution in [3.63, 3.8) is 0 Å². The van der Waals surface area contributed by atoms with Crippen LogP contribution in [0.1, 0.15) is 25.0 Å². The smallest absolute Gasteiger partial charge is 0.421 e. The molecule has 1 fully saturated rings. The number of halogens is 3. The fourth-order valence-electron chi connectivity index (χ4n) is 3.51. The lowest BCUT2D eigenvalue weighted by Crippen LogP contribution is -2.57. The Hall–Kier alpha value is -2.97. The maximum absolute atomic E-state index is 13.0. The Morgan fingerprint density at radius 2 is 2.03 bits per heavy atom. The van der Waals surface area contributed by atoms with E-state index >= 15 is 0 Å². The van der Waals surface area contributed by atoms with Crippen LogP contribution in [-0.4, -0.2) is 47.2 Å². The van der Waals surface area contributed by atoms with Crippen LogP contribution >= 0.6 is 0 Å². The summed E-state index contributed by atoms with van der Waals surface area (Å²) in [6.07, 6.45) is -3.10. The van der Waals surface area contributed by atoms with Crippen LogP contribution in [0.2, 0.25) is 0 Å². The molecule has 1 saturated heterocycles. The number of benzene rings is 1. The second kappa shape index (κ2) is 7.37. The van der Waals surface area contributed by atoms with Crippen LogP contribution < -0.4 is 14.2 Å². The number of hydrogen-bond acceptors (Lipinski definition) is 5. The zero-order valence-electron chi connectivity index (χ0n) is 16.5. The van der Waals surface area contributed by atoms with Gasteiger partial charge in [-0.3, -0.25) is 4.79 Å². The Bertz CT molecular complexity index is 956. The number of likely N-dealkylation sites (tertiary alicyclic amines) is 1. The summed E-state index contributed by atoms with van der Waals surface area (Å²) in [6, 6.07) is 7.68. The second-order valence-electron chi connectivity index (χ2n) is 7.96. The number of ether oxygens (including phenoxy) is 3. The molecule has 6 nitrogen and oxygen atoms in total. The largest absolute Gasteiger partial charge is 0.483 e. The number of carbonyl (C=O) groups excluding carboxylic acids is 1. The monoisotopic (exact) mass is 422 g/mol. The van der Waals surface area contributed by atoms with E-state index in [1.807, 2.05) is 26.0 Å². The summed E-state index contributed by atoms with van der Waals surface area (Å²) in [7, 11) is 0. The van der Waals surface area contributed by atoms with E-state index in [1.165, 1.54) is 17.2 Å². The van der Waals surface area contributed by atoms with Crippen molar-refractivity contribution in [1.29, 1.82) is 0 Å². The van der Waals surface area contributed by atoms with Crippen LogP contribution in [0.25, 0.3) is 0 Å². The van der Waals surface area contributed by atoms with E-state index in [1.54, 1.807) is 6.07 Å². The Balaban J connectivity index is 1.30. The van der Waals surface area contributed by atoms with Gasteiger partial charge in [-0.25, -0.2) is 4.98 Å². The fraction of sp³-hybridized carbons (Fsp3) is 0.429. The quantitative estimate of drug-likeness (QED) is 0.739. The van der Waals surface area contributed by atoms with Crippen molar-refractivity contribution in [1.82, 2.24) is 9.88 Å². The van der Waals surface area contributed by atoms with Crippen LogP contribution in [0.4, 0.5) is 13.2 Å². The standard InChI is InChI=1S/C21H21F3N2O4/c1-20(2)9-13-5-3-7-16(18(13)30-20)28-12-17(27)26-10-14(11-26)29-19-15(21(22,23)24)6-4-8-25-19/h3-8,14H,9-12H2,1-2H3. The van der Waals surface area contributed by atoms with Gasteiger partial charge in [0.1, 0.15) is 17.3 Å². The first-order chi connectivity index (χ1) is 14.1. The number of carbonyl (C=O) groups is 1. The predicted octanol–water partition coefficient (Wildman–Crippen LogP) is 3.48. The summed E-state index contributed by atoms with van der Waals surface area (Å²) in [5.41, 5.74) is -0.230. The molecule has 30 heavy (non-hydrogen) atoms. The van der Waals surface area contributed by atoms with Crippen LogP contribution in [0.5, 0.6) is 17.4 Å². The first-order valence-corrected chi connectivity index (χ1v) is 9.53. The minimum atomic E-state index is -4.55. The average molecular weight is 422 g/mol. The molecule has 160 valence electrons. The van der Waals surface area contributed by atoms with Gasteiger partial charge in [0, 0.05) is 18.2 Å². The first kappa shape index (κ1) is 20.3. The first-order valence-electron chi connectivity index (χ1n) is 9.53. The predicted molar refractivity (Wildman–Crippen MR) is 101 cm³/mol. The van der Waals surface area contributed by atoms with Crippen LogP contribution in [0, 0.1) is 0 Å². The van der Waals surface area contributed by atoms with E-state index in [0.717, 1.165) is 18.1 Å². The molecule has 0 unspecified atom stereocenters. The van der Waals surface area contributed by atoms with Crippen molar-refractivity contribution in [2.24, 2.45) is 0 Å². The average Bonchev–Trinajstić information content (AvgIpc) is 2.96. The number of nitrogens with zero attached hydrogens (tertiary/aromatic N) is 2. The normalized spacial score (nSPS) is 17.7. The maximum atomic E-state index is 13.0. The molecule has 2 aliphatic heterocycles. The van der Waals surface area contributed by atoms with Crippen molar-refractivity contribution in [3.05, 3.63) is 47.7 Å². The summed E-state index contributed by atoms with van der Waals surface area (Å²) in [5.74, 6) is 0.401. The molecule has 0 bridgehead atoms. The lowest BCUT2D eigenvalue weighted by atomic mass is 10.0. The molecule has 0 aliphatic carbocycles. The molecule has 0 N–H and O–H groups in total. The van der Waals surface area contributed by atoms with E-state index < -0.39 is 23.7 Å². The van der Waals surface area contributed by atoms with Crippen LogP contribution in [0.3, 0.4) is 0 Å². The van der Waals surface area contributed by atoms with Gasteiger partial charge in [-0.15, -0.1) is 0 Å². The molecule has 0 atom stereocenters. The molecule has 1 amide bonds. The lowest BCUT2D eigenvalue weighted by Gasteiger charge is -2.38. The van der Waals surface area contributed by atoms with Gasteiger partial charge in [-0.1, -0.05) is 12.1 Å². The number of para-hydroxylation sites is 1. The lowest BCUT2D eigenvalue weighted by molar-refractivity contribution is -0.146. The molecule has 2 aromatic rings. The summed E-state index contributed by atoms with van der Waals surface area (Å²) in [4.78, 5) is 17.5. The molecule has 0 saturated carbocycles. The van der Waals surface area contributed by atoms with Crippen molar-refractivity contribution >= 4 is 5.91 Å². The molecule has 9 heteroatoms. The van der Waals surface area contributed by atoms with E-state index in [4.69, 9.17) is 14.2 Å². The number of aromatic nitrogens is 1. The summed E-state index contributed by atoms with van der Waals surface area (Å²) < 4.78 is 56.0. The van der Waals surface area contributed by atoms with Gasteiger partial charge in [0.15, 0.2) is 18.1 Å². The van der Waals surface area contributed by atoms with E-state index in [0.29, 0.717) is 11.5 Å². The van der Waals surface area contributed by atoms with Gasteiger partial charge in [-0.05, 0) is 32.0 Å². The molecule has 3 heterocycles. The number of rotatable bonds is 5. The highest BCUT2D eigenvalue weighted by atomic mass is 19.4. The third-order valence-electron chi connectivity index (χ3n) is 4.96. The highest BCUT2D eigenvalue weighted by Crippen LogP contribution is 2.41. The summed E-state index contributed by atoms with van der Waals surface area (Å²) in [6.45, 7) is 4.12. The molecule has 4 rings (SSSR count). The zero-order valence-corrected chi connectivity index (χ0v) is 16.5. The van der Waals surface area contributed by atoms with Crippen molar-refractivity contribution in [2.75, 3.05) is 19.7 Å². The van der Waals surface area contributed by atoms with E-state index in [9.17, 15) is 18.0 Å². The second-order valence-corrected chi connectivity index (χ2v) is 7.96. The van der Waals surface area contributed by atoms with Gasteiger partial charge in [0.05, 0.1) is 13.1 Å². The third kappa shape index (κ3) is 4.15. The number of fused-ring (bicyclic) bond motifs is 1. The van der Waals surface area contributed by atoms with Crippen molar-refractivity contribution in [2.45, 2.75) is 38.1 Å². The zero-order chi connectivity index (χ0) is 21.5. The van der Waals surface area contributed by atoms with Gasteiger partial charge in [-0.2, -0.15) is 13.2 Å².